The predicted molar refractivity (Wildman–Crippen MR) is 72.9 cm³/mol. The first kappa shape index (κ1) is 14.8. The van der Waals surface area contributed by atoms with E-state index in [-0.39, 0.29) is 11.8 Å². The molecule has 4 amide bonds. The van der Waals surface area contributed by atoms with Crippen LogP contribution in [0.2, 0.25) is 0 Å². The van der Waals surface area contributed by atoms with Gasteiger partial charge in [-0.05, 0) is 18.8 Å². The van der Waals surface area contributed by atoms with Gasteiger partial charge in [0.2, 0.25) is 5.91 Å². The monoisotopic (exact) mass is 282 g/mol. The molecule has 2 fully saturated rings. The van der Waals surface area contributed by atoms with Crippen LogP contribution in [-0.4, -0.2) is 54.5 Å². The highest BCUT2D eigenvalue weighted by atomic mass is 16.2. The Morgan fingerprint density at radius 3 is 2.50 bits per heavy atom. The fourth-order valence-corrected chi connectivity index (χ4v) is 2.55. The van der Waals surface area contributed by atoms with Gasteiger partial charge in [-0.1, -0.05) is 13.8 Å². The van der Waals surface area contributed by atoms with Gasteiger partial charge in [0.05, 0.1) is 6.54 Å². The van der Waals surface area contributed by atoms with E-state index in [4.69, 9.17) is 0 Å². The average Bonchev–Trinajstić information content (AvgIpc) is 2.65. The second kappa shape index (κ2) is 5.78. The van der Waals surface area contributed by atoms with E-state index in [1.807, 2.05) is 18.7 Å². The molecular formula is C13H22N4O3. The normalized spacial score (nSPS) is 21.9. The van der Waals surface area contributed by atoms with Crippen molar-refractivity contribution in [3.8, 4) is 0 Å². The predicted octanol–water partition coefficient (Wildman–Crippen LogP) is -0.567. The Labute approximate surface area is 118 Å². The number of hydrogen-bond donors (Lipinski definition) is 3. The molecule has 0 aromatic carbocycles. The van der Waals surface area contributed by atoms with E-state index < -0.39 is 11.6 Å². The van der Waals surface area contributed by atoms with Crippen LogP contribution in [0.3, 0.4) is 0 Å². The Hall–Kier alpha value is -1.63. The van der Waals surface area contributed by atoms with Crippen molar-refractivity contribution in [2.75, 3.05) is 26.2 Å². The van der Waals surface area contributed by atoms with Crippen molar-refractivity contribution in [2.45, 2.75) is 32.2 Å². The summed E-state index contributed by atoms with van der Waals surface area (Å²) in [6.45, 7) is 6.37. The maximum Gasteiger partial charge on any atom is 0.322 e. The summed E-state index contributed by atoms with van der Waals surface area (Å²) in [7, 11) is 0. The van der Waals surface area contributed by atoms with Crippen LogP contribution >= 0.6 is 0 Å². The molecule has 0 bridgehead atoms. The molecule has 2 heterocycles. The van der Waals surface area contributed by atoms with E-state index in [0.717, 1.165) is 0 Å². The van der Waals surface area contributed by atoms with Crippen LogP contribution in [0.5, 0.6) is 0 Å². The first-order chi connectivity index (χ1) is 9.41. The fourth-order valence-electron chi connectivity index (χ4n) is 2.55. The zero-order chi connectivity index (χ0) is 14.8. The van der Waals surface area contributed by atoms with Crippen molar-refractivity contribution in [1.82, 2.24) is 20.9 Å². The van der Waals surface area contributed by atoms with Gasteiger partial charge in [-0.2, -0.15) is 0 Å². The number of amides is 4. The summed E-state index contributed by atoms with van der Waals surface area (Å²) in [5.74, 6) is 0.196. The number of carbonyl (C=O) groups is 3. The lowest BCUT2D eigenvalue weighted by atomic mass is 9.88. The van der Waals surface area contributed by atoms with Crippen molar-refractivity contribution < 1.29 is 14.4 Å². The highest BCUT2D eigenvalue weighted by Gasteiger charge is 2.47. The van der Waals surface area contributed by atoms with Gasteiger partial charge in [0.25, 0.3) is 5.91 Å². The van der Waals surface area contributed by atoms with Crippen molar-refractivity contribution in [1.29, 1.82) is 0 Å². The van der Waals surface area contributed by atoms with Gasteiger partial charge in [0.15, 0.2) is 0 Å². The Balaban J connectivity index is 1.78. The van der Waals surface area contributed by atoms with Gasteiger partial charge < -0.3 is 10.6 Å². The molecule has 2 rings (SSSR count). The Bertz CT molecular complexity index is 414. The highest BCUT2D eigenvalue weighted by molar-refractivity contribution is 6.07. The molecule has 2 aliphatic heterocycles. The number of rotatable bonds is 4. The molecule has 0 radical (unpaired) electrons. The number of nitrogens with one attached hydrogen (secondary N) is 3. The van der Waals surface area contributed by atoms with Crippen molar-refractivity contribution in [3.05, 3.63) is 0 Å². The second-order valence-electron chi connectivity index (χ2n) is 5.96. The van der Waals surface area contributed by atoms with Crippen molar-refractivity contribution in [3.63, 3.8) is 0 Å². The number of urea groups is 1. The molecule has 0 saturated carbocycles. The number of hydrogen-bond acceptors (Lipinski definition) is 4. The Morgan fingerprint density at radius 2 is 2.00 bits per heavy atom. The van der Waals surface area contributed by atoms with Gasteiger partial charge >= 0.3 is 6.03 Å². The van der Waals surface area contributed by atoms with E-state index in [0.29, 0.717) is 44.9 Å². The molecule has 7 nitrogen and oxygen atoms in total. The minimum absolute atomic E-state index is 0.00885. The Kier molecular flexibility index (Phi) is 4.27. The number of imide groups is 1. The molecule has 0 aromatic heterocycles. The summed E-state index contributed by atoms with van der Waals surface area (Å²) in [4.78, 5) is 36.7. The maximum atomic E-state index is 11.8. The molecule has 20 heavy (non-hydrogen) atoms. The standard InChI is InChI=1S/C13H22N4O3/c1-9(2)7-14-10(18)8-17-5-3-13(4-6-17)11(19)15-12(20)16-13/h9H,3-8H2,1-2H3,(H,14,18)(H2,15,16,19,20). The maximum absolute atomic E-state index is 11.8. The largest absolute Gasteiger partial charge is 0.355 e. The molecule has 1 spiro atoms. The van der Waals surface area contributed by atoms with Crippen molar-refractivity contribution >= 4 is 17.8 Å². The van der Waals surface area contributed by atoms with Crippen LogP contribution in [0.4, 0.5) is 4.79 Å². The van der Waals surface area contributed by atoms with Gasteiger partial charge in [0.1, 0.15) is 5.54 Å². The molecule has 3 N–H and O–H groups in total. The third-order valence-corrected chi connectivity index (χ3v) is 3.80. The fraction of sp³-hybridized carbons (Fsp3) is 0.769. The lowest BCUT2D eigenvalue weighted by Gasteiger charge is -2.36. The first-order valence-corrected chi connectivity index (χ1v) is 7.04. The van der Waals surface area contributed by atoms with Gasteiger partial charge in [-0.15, -0.1) is 0 Å². The Morgan fingerprint density at radius 1 is 1.35 bits per heavy atom. The van der Waals surface area contributed by atoms with E-state index in [1.54, 1.807) is 0 Å². The molecular weight excluding hydrogens is 260 g/mol. The van der Waals surface area contributed by atoms with Crippen LogP contribution in [-0.2, 0) is 9.59 Å². The molecule has 0 aromatic rings. The zero-order valence-electron chi connectivity index (χ0n) is 12.0. The summed E-state index contributed by atoms with van der Waals surface area (Å²) >= 11 is 0. The topological polar surface area (TPSA) is 90.5 Å². The quantitative estimate of drug-likeness (QED) is 0.602. The van der Waals surface area contributed by atoms with E-state index in [2.05, 4.69) is 16.0 Å². The number of piperidine rings is 1. The summed E-state index contributed by atoms with van der Waals surface area (Å²) < 4.78 is 0. The van der Waals surface area contributed by atoms with Crippen LogP contribution in [0.15, 0.2) is 0 Å². The van der Waals surface area contributed by atoms with Crippen LogP contribution < -0.4 is 16.0 Å². The zero-order valence-corrected chi connectivity index (χ0v) is 12.0. The number of likely N-dealkylation sites (tertiary alicyclic amines) is 1. The molecule has 0 unspecified atom stereocenters. The lowest BCUT2D eigenvalue weighted by molar-refractivity contribution is -0.126. The van der Waals surface area contributed by atoms with E-state index in [1.165, 1.54) is 0 Å². The summed E-state index contributed by atoms with van der Waals surface area (Å²) in [6, 6.07) is -0.418. The molecule has 112 valence electrons. The third-order valence-electron chi connectivity index (χ3n) is 3.80. The number of carbonyl (C=O) groups excluding carboxylic acids is 3. The van der Waals surface area contributed by atoms with Crippen molar-refractivity contribution in [2.24, 2.45) is 5.92 Å². The average molecular weight is 282 g/mol. The lowest BCUT2D eigenvalue weighted by Crippen LogP contribution is -2.55. The highest BCUT2D eigenvalue weighted by Crippen LogP contribution is 2.25. The van der Waals surface area contributed by atoms with E-state index in [9.17, 15) is 14.4 Å². The summed E-state index contributed by atoms with van der Waals surface area (Å²) in [5.41, 5.74) is -0.762. The minimum atomic E-state index is -0.762. The smallest absolute Gasteiger partial charge is 0.322 e. The molecule has 0 aliphatic carbocycles. The van der Waals surface area contributed by atoms with Gasteiger partial charge in [-0.25, -0.2) is 4.79 Å². The van der Waals surface area contributed by atoms with Crippen LogP contribution in [0, 0.1) is 5.92 Å². The summed E-state index contributed by atoms with van der Waals surface area (Å²) in [5, 5.41) is 7.86. The van der Waals surface area contributed by atoms with Crippen LogP contribution in [0.1, 0.15) is 26.7 Å². The molecule has 2 saturated heterocycles. The van der Waals surface area contributed by atoms with Gasteiger partial charge in [0, 0.05) is 19.6 Å². The summed E-state index contributed by atoms with van der Waals surface area (Å²) in [6.07, 6.45) is 1.09. The number of nitrogens with zero attached hydrogens (tertiary/aromatic N) is 1. The molecule has 0 atom stereocenters. The first-order valence-electron chi connectivity index (χ1n) is 7.04. The third kappa shape index (κ3) is 3.27. The molecule has 7 heteroatoms. The minimum Gasteiger partial charge on any atom is -0.355 e. The van der Waals surface area contributed by atoms with Gasteiger partial charge in [-0.3, -0.25) is 19.8 Å². The van der Waals surface area contributed by atoms with Crippen LogP contribution in [0.25, 0.3) is 0 Å². The SMILES string of the molecule is CC(C)CNC(=O)CN1CCC2(CC1)NC(=O)NC2=O. The van der Waals surface area contributed by atoms with E-state index >= 15 is 0 Å². The molecule has 2 aliphatic rings. The second-order valence-corrected chi connectivity index (χ2v) is 5.96.